The van der Waals surface area contributed by atoms with Crippen LogP contribution in [0.5, 0.6) is 0 Å². The molecule has 0 aliphatic rings. The second-order valence-electron chi connectivity index (χ2n) is 3.99. The van der Waals surface area contributed by atoms with E-state index in [0.717, 1.165) is 12.8 Å². The van der Waals surface area contributed by atoms with Gasteiger partial charge in [0.05, 0.1) is 17.0 Å². The number of nitrogens with zero attached hydrogens (tertiary/aromatic N) is 1. The van der Waals surface area contributed by atoms with Crippen LogP contribution >= 0.6 is 12.2 Å². The first-order valence-electron chi connectivity index (χ1n) is 5.91. The average molecular weight is 226 g/mol. The van der Waals surface area contributed by atoms with Crippen molar-refractivity contribution in [1.29, 1.82) is 5.26 Å². The first kappa shape index (κ1) is 14.4. The molecule has 0 amide bonds. The molecule has 2 nitrogen and oxygen atoms in total. The first-order valence-corrected chi connectivity index (χ1v) is 6.32. The van der Waals surface area contributed by atoms with Crippen LogP contribution in [0.4, 0.5) is 0 Å². The Hall–Kier alpha value is -0.620. The van der Waals surface area contributed by atoms with Gasteiger partial charge in [-0.3, -0.25) is 0 Å². The molecule has 0 aromatic rings. The molecule has 0 bridgehead atoms. The van der Waals surface area contributed by atoms with Crippen LogP contribution in [0.25, 0.3) is 0 Å². The maximum atomic E-state index is 8.75. The Bertz CT molecular complexity index is 208. The summed E-state index contributed by atoms with van der Waals surface area (Å²) in [5.74, 6) is -0.212. The number of thiocarbonyl (C=S) groups is 1. The Morgan fingerprint density at radius 1 is 1.20 bits per heavy atom. The SMILES string of the molecule is CCCCCCCCCC(C#N)C(N)=S. The quantitative estimate of drug-likeness (QED) is 0.483. The summed E-state index contributed by atoms with van der Waals surface area (Å²) in [5, 5.41) is 8.75. The maximum Gasteiger partial charge on any atom is 0.0962 e. The minimum Gasteiger partial charge on any atom is -0.392 e. The van der Waals surface area contributed by atoms with Crippen LogP contribution in [-0.4, -0.2) is 4.99 Å². The molecular weight excluding hydrogens is 204 g/mol. The molecule has 0 spiro atoms. The zero-order valence-electron chi connectivity index (χ0n) is 9.67. The van der Waals surface area contributed by atoms with Crippen LogP contribution in [0, 0.1) is 17.2 Å². The van der Waals surface area contributed by atoms with Gasteiger partial charge >= 0.3 is 0 Å². The summed E-state index contributed by atoms with van der Waals surface area (Å²) in [6.07, 6.45) is 9.67. The third-order valence-corrected chi connectivity index (χ3v) is 2.88. The van der Waals surface area contributed by atoms with E-state index in [2.05, 4.69) is 13.0 Å². The van der Waals surface area contributed by atoms with Crippen molar-refractivity contribution in [2.24, 2.45) is 11.7 Å². The third kappa shape index (κ3) is 8.38. The number of rotatable bonds is 9. The van der Waals surface area contributed by atoms with Gasteiger partial charge in [0.1, 0.15) is 0 Å². The van der Waals surface area contributed by atoms with E-state index in [1.807, 2.05) is 0 Å². The Morgan fingerprint density at radius 3 is 2.20 bits per heavy atom. The van der Waals surface area contributed by atoms with E-state index in [-0.39, 0.29) is 5.92 Å². The van der Waals surface area contributed by atoms with Crippen LogP contribution in [0.3, 0.4) is 0 Å². The van der Waals surface area contributed by atoms with Gasteiger partial charge in [-0.15, -0.1) is 0 Å². The lowest BCUT2D eigenvalue weighted by Crippen LogP contribution is -2.19. The van der Waals surface area contributed by atoms with Crippen LogP contribution in [-0.2, 0) is 0 Å². The number of hydrogen-bond acceptors (Lipinski definition) is 2. The lowest BCUT2D eigenvalue weighted by atomic mass is 10.0. The zero-order valence-corrected chi connectivity index (χ0v) is 10.5. The highest BCUT2D eigenvalue weighted by Gasteiger charge is 2.09. The lowest BCUT2D eigenvalue weighted by Gasteiger charge is -2.06. The number of nitriles is 1. The van der Waals surface area contributed by atoms with E-state index in [1.165, 1.54) is 38.5 Å². The largest absolute Gasteiger partial charge is 0.392 e. The highest BCUT2D eigenvalue weighted by Crippen LogP contribution is 2.12. The first-order chi connectivity index (χ1) is 7.22. The molecule has 86 valence electrons. The summed E-state index contributed by atoms with van der Waals surface area (Å²) in [6, 6.07) is 2.15. The van der Waals surface area contributed by atoms with E-state index >= 15 is 0 Å². The normalized spacial score (nSPS) is 12.0. The zero-order chi connectivity index (χ0) is 11.5. The van der Waals surface area contributed by atoms with E-state index in [0.29, 0.717) is 4.99 Å². The molecule has 1 unspecified atom stereocenters. The number of hydrogen-bond donors (Lipinski definition) is 1. The second kappa shape index (κ2) is 9.92. The van der Waals surface area contributed by atoms with Gasteiger partial charge in [0.2, 0.25) is 0 Å². The molecule has 2 N–H and O–H groups in total. The van der Waals surface area contributed by atoms with Crippen LogP contribution in [0.2, 0.25) is 0 Å². The molecule has 1 atom stereocenters. The molecule has 15 heavy (non-hydrogen) atoms. The van der Waals surface area contributed by atoms with Gasteiger partial charge in [0, 0.05) is 0 Å². The number of nitrogens with two attached hydrogens (primary N) is 1. The predicted molar refractivity (Wildman–Crippen MR) is 68.5 cm³/mol. The van der Waals surface area contributed by atoms with E-state index in [9.17, 15) is 0 Å². The molecule has 0 aromatic heterocycles. The molecule has 3 heteroatoms. The van der Waals surface area contributed by atoms with E-state index < -0.39 is 0 Å². The smallest absolute Gasteiger partial charge is 0.0962 e. The Labute approximate surface area is 98.8 Å². The van der Waals surface area contributed by atoms with E-state index in [1.54, 1.807) is 0 Å². The maximum absolute atomic E-state index is 8.75. The van der Waals surface area contributed by atoms with Gasteiger partial charge in [-0.2, -0.15) is 5.26 Å². The van der Waals surface area contributed by atoms with Crippen molar-refractivity contribution in [2.45, 2.75) is 58.3 Å². The average Bonchev–Trinajstić information content (AvgIpc) is 2.21. The predicted octanol–water partition coefficient (Wildman–Crippen LogP) is 3.55. The standard InChI is InChI=1S/C12H22N2S/c1-2-3-4-5-6-7-8-9-11(10-13)12(14)15/h11H,2-9H2,1H3,(H2,14,15). The number of unbranched alkanes of at least 4 members (excludes halogenated alkanes) is 6. The topological polar surface area (TPSA) is 49.8 Å². The molecule has 0 heterocycles. The Kier molecular flexibility index (Phi) is 9.51. The molecule has 0 rings (SSSR count). The fourth-order valence-corrected chi connectivity index (χ4v) is 1.75. The lowest BCUT2D eigenvalue weighted by molar-refractivity contribution is 0.565. The molecule has 0 saturated heterocycles. The summed E-state index contributed by atoms with van der Waals surface area (Å²) >= 11 is 4.81. The Balaban J connectivity index is 3.30. The van der Waals surface area contributed by atoms with Crippen molar-refractivity contribution >= 4 is 17.2 Å². The van der Waals surface area contributed by atoms with Gasteiger partial charge in [0.25, 0.3) is 0 Å². The summed E-state index contributed by atoms with van der Waals surface area (Å²) < 4.78 is 0. The van der Waals surface area contributed by atoms with Crippen molar-refractivity contribution in [2.75, 3.05) is 0 Å². The molecular formula is C12H22N2S. The van der Waals surface area contributed by atoms with Crippen molar-refractivity contribution in [3.63, 3.8) is 0 Å². The minimum atomic E-state index is -0.212. The van der Waals surface area contributed by atoms with Crippen molar-refractivity contribution < 1.29 is 0 Å². The molecule has 0 aliphatic heterocycles. The summed E-state index contributed by atoms with van der Waals surface area (Å²) in [5.41, 5.74) is 5.44. The minimum absolute atomic E-state index is 0.212. The highest BCUT2D eigenvalue weighted by molar-refractivity contribution is 7.80. The van der Waals surface area contributed by atoms with Gasteiger partial charge in [0.15, 0.2) is 0 Å². The molecule has 0 aliphatic carbocycles. The third-order valence-electron chi connectivity index (χ3n) is 2.60. The Morgan fingerprint density at radius 2 is 1.73 bits per heavy atom. The van der Waals surface area contributed by atoms with Gasteiger partial charge in [-0.05, 0) is 6.42 Å². The second-order valence-corrected chi connectivity index (χ2v) is 4.47. The van der Waals surface area contributed by atoms with Crippen molar-refractivity contribution in [3.8, 4) is 6.07 Å². The monoisotopic (exact) mass is 226 g/mol. The summed E-state index contributed by atoms with van der Waals surface area (Å²) in [7, 11) is 0. The van der Waals surface area contributed by atoms with Crippen LogP contribution < -0.4 is 5.73 Å². The molecule has 0 saturated carbocycles. The van der Waals surface area contributed by atoms with Crippen LogP contribution in [0.15, 0.2) is 0 Å². The van der Waals surface area contributed by atoms with E-state index in [4.69, 9.17) is 23.2 Å². The molecule has 0 radical (unpaired) electrons. The van der Waals surface area contributed by atoms with Gasteiger partial charge in [-0.25, -0.2) is 0 Å². The molecule has 0 fully saturated rings. The van der Waals surface area contributed by atoms with Crippen LogP contribution in [0.1, 0.15) is 58.3 Å². The van der Waals surface area contributed by atoms with Gasteiger partial charge < -0.3 is 5.73 Å². The molecule has 0 aromatic carbocycles. The van der Waals surface area contributed by atoms with Crippen molar-refractivity contribution in [3.05, 3.63) is 0 Å². The highest BCUT2D eigenvalue weighted by atomic mass is 32.1. The van der Waals surface area contributed by atoms with Crippen molar-refractivity contribution in [1.82, 2.24) is 0 Å². The summed E-state index contributed by atoms with van der Waals surface area (Å²) in [6.45, 7) is 2.22. The fraction of sp³-hybridized carbons (Fsp3) is 0.833. The fourth-order valence-electron chi connectivity index (χ4n) is 1.58. The van der Waals surface area contributed by atoms with Gasteiger partial charge in [-0.1, -0.05) is 64.1 Å². The summed E-state index contributed by atoms with van der Waals surface area (Å²) in [4.78, 5) is 0.350.